The summed E-state index contributed by atoms with van der Waals surface area (Å²) in [6.45, 7) is 0. The van der Waals surface area contributed by atoms with Gasteiger partial charge >= 0.3 is 0 Å². The van der Waals surface area contributed by atoms with Crippen LogP contribution in [-0.4, -0.2) is 21.8 Å². The van der Waals surface area contributed by atoms with E-state index < -0.39 is 11.8 Å². The summed E-state index contributed by atoms with van der Waals surface area (Å²) in [7, 11) is 0. The zero-order valence-corrected chi connectivity index (χ0v) is 10.3. The van der Waals surface area contributed by atoms with Crippen molar-refractivity contribution >= 4 is 23.3 Å². The number of carbonyl (C=O) groups excluding carboxylic acids is 1. The van der Waals surface area contributed by atoms with Crippen LogP contribution in [0, 0.1) is 5.92 Å². The predicted molar refractivity (Wildman–Crippen MR) is 62.6 cm³/mol. The van der Waals surface area contributed by atoms with Crippen molar-refractivity contribution in [2.24, 2.45) is 5.92 Å². The fourth-order valence-electron chi connectivity index (χ4n) is 1.93. The second kappa shape index (κ2) is 5.14. The van der Waals surface area contributed by atoms with Gasteiger partial charge in [0, 0.05) is 24.8 Å². The van der Waals surface area contributed by atoms with E-state index in [0.29, 0.717) is 0 Å². The molecule has 0 spiro atoms. The van der Waals surface area contributed by atoms with Crippen LogP contribution >= 0.6 is 11.6 Å². The van der Waals surface area contributed by atoms with Crippen LogP contribution in [0.15, 0.2) is 12.4 Å². The second-order valence-corrected chi connectivity index (χ2v) is 4.73. The Morgan fingerprint density at radius 2 is 2.06 bits per heavy atom. The fourth-order valence-corrected chi connectivity index (χ4v) is 2.08. The highest BCUT2D eigenvalue weighted by Crippen LogP contribution is 2.36. The number of rotatable bonds is 2. The van der Waals surface area contributed by atoms with Gasteiger partial charge in [0.15, 0.2) is 0 Å². The monoisotopic (exact) mass is 275 g/mol. The molecule has 98 valence electrons. The summed E-state index contributed by atoms with van der Waals surface area (Å²) < 4.78 is 25.9. The maximum absolute atomic E-state index is 13.0. The van der Waals surface area contributed by atoms with Crippen LogP contribution in [0.25, 0.3) is 0 Å². The molecule has 0 aliphatic heterocycles. The topological polar surface area (TPSA) is 54.9 Å². The van der Waals surface area contributed by atoms with Crippen molar-refractivity contribution in [3.05, 3.63) is 17.5 Å². The Balaban J connectivity index is 1.93. The SMILES string of the molecule is O=C(Nc1cc(Cl)ncn1)C1CCC(F)(F)CC1. The number of hydrogen-bond donors (Lipinski definition) is 1. The van der Waals surface area contributed by atoms with Crippen LogP contribution in [0.1, 0.15) is 25.7 Å². The van der Waals surface area contributed by atoms with Crippen LogP contribution in [0.3, 0.4) is 0 Å². The Morgan fingerprint density at radius 3 is 2.67 bits per heavy atom. The molecule has 18 heavy (non-hydrogen) atoms. The van der Waals surface area contributed by atoms with E-state index in [1.54, 1.807) is 0 Å². The quantitative estimate of drug-likeness (QED) is 0.845. The first-order valence-electron chi connectivity index (χ1n) is 5.62. The van der Waals surface area contributed by atoms with Gasteiger partial charge in [-0.2, -0.15) is 0 Å². The van der Waals surface area contributed by atoms with Gasteiger partial charge < -0.3 is 5.32 Å². The van der Waals surface area contributed by atoms with Crippen molar-refractivity contribution in [3.8, 4) is 0 Å². The molecule has 0 unspecified atom stereocenters. The molecule has 0 radical (unpaired) electrons. The molecule has 0 bridgehead atoms. The van der Waals surface area contributed by atoms with Gasteiger partial charge in [-0.15, -0.1) is 0 Å². The lowest BCUT2D eigenvalue weighted by Gasteiger charge is -2.27. The van der Waals surface area contributed by atoms with Gasteiger partial charge in [0.05, 0.1) is 0 Å². The summed E-state index contributed by atoms with van der Waals surface area (Å²) in [6, 6.07) is 1.41. The lowest BCUT2D eigenvalue weighted by Crippen LogP contribution is -2.32. The number of amides is 1. The Morgan fingerprint density at radius 1 is 1.39 bits per heavy atom. The smallest absolute Gasteiger partial charge is 0.248 e. The molecule has 0 atom stereocenters. The number of anilines is 1. The third-order valence-electron chi connectivity index (χ3n) is 2.97. The van der Waals surface area contributed by atoms with Crippen molar-refractivity contribution in [1.82, 2.24) is 9.97 Å². The predicted octanol–water partition coefficient (Wildman–Crippen LogP) is 2.89. The normalized spacial score (nSPS) is 19.5. The number of alkyl halides is 2. The minimum Gasteiger partial charge on any atom is -0.310 e. The molecule has 1 aliphatic rings. The summed E-state index contributed by atoms with van der Waals surface area (Å²) in [4.78, 5) is 19.3. The van der Waals surface area contributed by atoms with Crippen LogP contribution in [-0.2, 0) is 4.79 Å². The molecule has 4 nitrogen and oxygen atoms in total. The molecule has 1 aromatic rings. The maximum atomic E-state index is 13.0. The van der Waals surface area contributed by atoms with E-state index in [0.717, 1.165) is 0 Å². The summed E-state index contributed by atoms with van der Waals surface area (Å²) in [6.07, 6.45) is 1.13. The largest absolute Gasteiger partial charge is 0.310 e. The Hall–Kier alpha value is -1.30. The summed E-state index contributed by atoms with van der Waals surface area (Å²) in [5.74, 6) is -3.02. The van der Waals surface area contributed by atoms with Crippen molar-refractivity contribution in [3.63, 3.8) is 0 Å². The van der Waals surface area contributed by atoms with E-state index in [-0.39, 0.29) is 42.6 Å². The average molecular weight is 276 g/mol. The number of nitrogens with zero attached hydrogens (tertiary/aromatic N) is 2. The maximum Gasteiger partial charge on any atom is 0.248 e. The third-order valence-corrected chi connectivity index (χ3v) is 3.18. The van der Waals surface area contributed by atoms with Gasteiger partial charge in [-0.1, -0.05) is 11.6 Å². The summed E-state index contributed by atoms with van der Waals surface area (Å²) in [5, 5.41) is 2.78. The molecule has 1 heterocycles. The molecule has 1 aliphatic carbocycles. The Kier molecular flexibility index (Phi) is 3.75. The average Bonchev–Trinajstić information content (AvgIpc) is 2.28. The van der Waals surface area contributed by atoms with Gasteiger partial charge in [-0.25, -0.2) is 18.7 Å². The van der Waals surface area contributed by atoms with Crippen LogP contribution in [0.2, 0.25) is 5.15 Å². The van der Waals surface area contributed by atoms with Gasteiger partial charge in [-0.05, 0) is 12.8 Å². The minimum atomic E-state index is -2.63. The van der Waals surface area contributed by atoms with E-state index in [4.69, 9.17) is 11.6 Å². The first-order valence-corrected chi connectivity index (χ1v) is 6.00. The second-order valence-electron chi connectivity index (χ2n) is 4.35. The van der Waals surface area contributed by atoms with Gasteiger partial charge in [0.1, 0.15) is 17.3 Å². The van der Waals surface area contributed by atoms with E-state index >= 15 is 0 Å². The van der Waals surface area contributed by atoms with Crippen LogP contribution in [0.5, 0.6) is 0 Å². The third kappa shape index (κ3) is 3.35. The number of nitrogens with one attached hydrogen (secondary N) is 1. The molecular formula is C11H12ClF2N3O. The van der Waals surface area contributed by atoms with E-state index in [1.165, 1.54) is 12.4 Å². The number of carbonyl (C=O) groups is 1. The molecule has 1 aromatic heterocycles. The van der Waals surface area contributed by atoms with E-state index in [9.17, 15) is 13.6 Å². The molecule has 2 rings (SSSR count). The molecular weight excluding hydrogens is 264 g/mol. The first kappa shape index (κ1) is 13.1. The number of aromatic nitrogens is 2. The molecule has 0 aromatic carbocycles. The van der Waals surface area contributed by atoms with Crippen LogP contribution < -0.4 is 5.32 Å². The minimum absolute atomic E-state index is 0.192. The van der Waals surface area contributed by atoms with E-state index in [2.05, 4.69) is 15.3 Å². The first-order chi connectivity index (χ1) is 8.46. The standard InChI is InChI=1S/C11H12ClF2N3O/c12-8-5-9(16-6-15-8)17-10(18)7-1-3-11(13,14)4-2-7/h5-7H,1-4H2,(H,15,16,17,18). The van der Waals surface area contributed by atoms with Crippen molar-refractivity contribution in [1.29, 1.82) is 0 Å². The van der Waals surface area contributed by atoms with Crippen LogP contribution in [0.4, 0.5) is 14.6 Å². The lowest BCUT2D eigenvalue weighted by molar-refractivity contribution is -0.124. The Bertz CT molecular complexity index is 446. The van der Waals surface area contributed by atoms with Crippen molar-refractivity contribution in [2.75, 3.05) is 5.32 Å². The highest BCUT2D eigenvalue weighted by atomic mass is 35.5. The lowest BCUT2D eigenvalue weighted by atomic mass is 9.86. The summed E-state index contributed by atoms with van der Waals surface area (Å²) >= 11 is 5.65. The van der Waals surface area contributed by atoms with Gasteiger partial charge in [-0.3, -0.25) is 4.79 Å². The molecule has 1 N–H and O–H groups in total. The van der Waals surface area contributed by atoms with Crippen molar-refractivity contribution < 1.29 is 13.6 Å². The van der Waals surface area contributed by atoms with Crippen molar-refractivity contribution in [2.45, 2.75) is 31.6 Å². The highest BCUT2D eigenvalue weighted by molar-refractivity contribution is 6.29. The number of hydrogen-bond acceptors (Lipinski definition) is 3. The zero-order chi connectivity index (χ0) is 13.2. The molecule has 7 heteroatoms. The molecule has 1 fully saturated rings. The molecule has 1 amide bonds. The fraction of sp³-hybridized carbons (Fsp3) is 0.545. The van der Waals surface area contributed by atoms with E-state index in [1.807, 2.05) is 0 Å². The zero-order valence-electron chi connectivity index (χ0n) is 9.50. The Labute approximate surface area is 108 Å². The molecule has 1 saturated carbocycles. The number of halogens is 3. The van der Waals surface area contributed by atoms with Gasteiger partial charge in [0.25, 0.3) is 0 Å². The summed E-state index contributed by atoms with van der Waals surface area (Å²) in [5.41, 5.74) is 0. The van der Waals surface area contributed by atoms with Gasteiger partial charge in [0.2, 0.25) is 11.8 Å². The highest BCUT2D eigenvalue weighted by Gasteiger charge is 2.37. The molecule has 0 saturated heterocycles.